The van der Waals surface area contributed by atoms with Gasteiger partial charge in [-0.05, 0) is 0 Å². The third-order valence-electron chi connectivity index (χ3n) is 0.167. The number of hydrogen-bond acceptors (Lipinski definition) is 3. The third kappa shape index (κ3) is 1290. The van der Waals surface area contributed by atoms with E-state index in [1.807, 2.05) is 0 Å². The Labute approximate surface area is 57.6 Å². The van der Waals surface area contributed by atoms with Gasteiger partial charge in [-0.15, -0.1) is 0 Å². The van der Waals surface area contributed by atoms with E-state index in [9.17, 15) is 0 Å². The van der Waals surface area contributed by atoms with Crippen LogP contribution in [-0.2, 0) is 0 Å². The van der Waals surface area contributed by atoms with Gasteiger partial charge in [0.05, 0.1) is 6.07 Å². The lowest BCUT2D eigenvalue weighted by molar-refractivity contribution is 0.976. The van der Waals surface area contributed by atoms with E-state index < -0.39 is 0 Å². The molecule has 0 aromatic rings. The molecule has 1 radical (unpaired) electrons. The first-order chi connectivity index (χ1) is 4.33. The van der Waals surface area contributed by atoms with Crippen molar-refractivity contribution in [3.8, 4) is 6.07 Å². The van der Waals surface area contributed by atoms with Crippen molar-refractivity contribution in [3.63, 3.8) is 0 Å². The van der Waals surface area contributed by atoms with Gasteiger partial charge in [0.1, 0.15) is 0 Å². The molecular weight excluding hydrogens is 114 g/mol. The molecular formula is C6H16N3. The Morgan fingerprint density at radius 1 is 1.33 bits per heavy atom. The van der Waals surface area contributed by atoms with Crippen molar-refractivity contribution < 1.29 is 0 Å². The van der Waals surface area contributed by atoms with E-state index in [1.54, 1.807) is 13.0 Å². The second kappa shape index (κ2) is 52.4. The lowest BCUT2D eigenvalue weighted by Gasteiger charge is -1.72. The molecule has 9 heavy (non-hydrogen) atoms. The molecule has 0 atom stereocenters. The molecule has 0 rings (SSSR count). The Bertz CT molecular complexity index is 44.8. The van der Waals surface area contributed by atoms with Crippen LogP contribution < -0.4 is 11.5 Å². The number of nitrogens with two attached hydrogens (primary N) is 2. The van der Waals surface area contributed by atoms with Crippen LogP contribution in [0.1, 0.15) is 13.8 Å². The van der Waals surface area contributed by atoms with Gasteiger partial charge in [-0.25, -0.2) is 0 Å². The Morgan fingerprint density at radius 3 is 1.44 bits per heavy atom. The molecule has 3 nitrogen and oxygen atoms in total. The summed E-state index contributed by atoms with van der Waals surface area (Å²) >= 11 is 0. The SMILES string of the molecule is CC#N.NCCN.[CH2]C. The van der Waals surface area contributed by atoms with Crippen molar-refractivity contribution in [1.29, 1.82) is 5.26 Å². The van der Waals surface area contributed by atoms with E-state index in [0.29, 0.717) is 13.1 Å². The lowest BCUT2D eigenvalue weighted by Crippen LogP contribution is -2.11. The summed E-state index contributed by atoms with van der Waals surface area (Å²) < 4.78 is 0. The van der Waals surface area contributed by atoms with Crippen molar-refractivity contribution in [1.82, 2.24) is 0 Å². The fraction of sp³-hybridized carbons (Fsp3) is 0.667. The molecule has 0 saturated heterocycles. The van der Waals surface area contributed by atoms with E-state index in [-0.39, 0.29) is 0 Å². The van der Waals surface area contributed by atoms with Gasteiger partial charge in [-0.1, -0.05) is 13.8 Å². The van der Waals surface area contributed by atoms with E-state index in [4.69, 9.17) is 16.7 Å². The van der Waals surface area contributed by atoms with Crippen LogP contribution in [0.5, 0.6) is 0 Å². The molecule has 55 valence electrons. The Balaban J connectivity index is -0.0000000646. The van der Waals surface area contributed by atoms with Crippen LogP contribution >= 0.6 is 0 Å². The molecule has 0 aliphatic rings. The van der Waals surface area contributed by atoms with Crippen molar-refractivity contribution >= 4 is 0 Å². The quantitative estimate of drug-likeness (QED) is 0.535. The van der Waals surface area contributed by atoms with Crippen LogP contribution in [0.4, 0.5) is 0 Å². The van der Waals surface area contributed by atoms with Crippen LogP contribution in [0, 0.1) is 18.3 Å². The monoisotopic (exact) mass is 130 g/mol. The molecule has 0 aliphatic carbocycles. The third-order valence-corrected chi connectivity index (χ3v) is 0.167. The van der Waals surface area contributed by atoms with Gasteiger partial charge in [0.2, 0.25) is 0 Å². The topological polar surface area (TPSA) is 75.8 Å². The highest BCUT2D eigenvalue weighted by molar-refractivity contribution is 4.51. The molecule has 0 unspecified atom stereocenters. The predicted octanol–water partition coefficient (Wildman–Crippen LogP) is 0.274. The Morgan fingerprint density at radius 2 is 1.44 bits per heavy atom. The molecule has 0 spiro atoms. The van der Waals surface area contributed by atoms with Crippen molar-refractivity contribution in [3.05, 3.63) is 6.92 Å². The number of nitrogens with zero attached hydrogens (tertiary/aromatic N) is 1. The standard InChI is InChI=1S/C2H8N2.C2H3N.C2H5/c3-1-2-4;1-2-3;1-2/h1-4H2;1H3;1H2,2H3. The summed E-state index contributed by atoms with van der Waals surface area (Å²) in [6, 6.07) is 1.75. The molecule has 4 N–H and O–H groups in total. The first kappa shape index (κ1) is 15.8. The number of hydrogen-bond donors (Lipinski definition) is 2. The van der Waals surface area contributed by atoms with Crippen LogP contribution in [0.2, 0.25) is 0 Å². The van der Waals surface area contributed by atoms with Gasteiger partial charge in [-0.2, -0.15) is 5.26 Å². The maximum Gasteiger partial charge on any atom is 0.0587 e. The largest absolute Gasteiger partial charge is 0.329 e. The van der Waals surface area contributed by atoms with Gasteiger partial charge in [0, 0.05) is 20.0 Å². The molecule has 0 fully saturated rings. The molecule has 0 amide bonds. The fourth-order valence-corrected chi connectivity index (χ4v) is 0. The zero-order valence-electron chi connectivity index (χ0n) is 6.22. The molecule has 3 heteroatoms. The lowest BCUT2D eigenvalue weighted by atomic mass is 10.7. The summed E-state index contributed by atoms with van der Waals surface area (Å²) in [5, 5.41) is 7.32. The Hall–Kier alpha value is -0.590. The van der Waals surface area contributed by atoms with Crippen LogP contribution in [-0.4, -0.2) is 13.1 Å². The predicted molar refractivity (Wildman–Crippen MR) is 40.4 cm³/mol. The molecule has 0 heterocycles. The summed E-state index contributed by atoms with van der Waals surface area (Å²) in [6.45, 7) is 7.62. The van der Waals surface area contributed by atoms with E-state index in [1.165, 1.54) is 6.92 Å². The zero-order valence-corrected chi connectivity index (χ0v) is 6.22. The second-order valence-electron chi connectivity index (χ2n) is 0.801. The normalized spacial score (nSPS) is 4.89. The maximum atomic E-state index is 7.32. The minimum atomic E-state index is 0.597. The minimum Gasteiger partial charge on any atom is -0.329 e. The van der Waals surface area contributed by atoms with Crippen molar-refractivity contribution in [2.24, 2.45) is 11.5 Å². The highest BCUT2D eigenvalue weighted by atomic mass is 14.6. The molecule has 0 aromatic heterocycles. The summed E-state index contributed by atoms with van der Waals surface area (Å²) in [7, 11) is 0. The summed E-state index contributed by atoms with van der Waals surface area (Å²) in [5.41, 5.74) is 9.81. The highest BCUT2D eigenvalue weighted by Crippen LogP contribution is 1.24. The zero-order chi connectivity index (χ0) is 8.12. The average molecular weight is 130 g/mol. The summed E-state index contributed by atoms with van der Waals surface area (Å²) in [6.07, 6.45) is 0. The van der Waals surface area contributed by atoms with Crippen molar-refractivity contribution in [2.75, 3.05) is 13.1 Å². The fourth-order valence-electron chi connectivity index (χ4n) is 0. The maximum absolute atomic E-state index is 7.32. The van der Waals surface area contributed by atoms with Gasteiger partial charge >= 0.3 is 0 Å². The highest BCUT2D eigenvalue weighted by Gasteiger charge is 1.54. The van der Waals surface area contributed by atoms with Gasteiger partial charge < -0.3 is 11.5 Å². The summed E-state index contributed by atoms with van der Waals surface area (Å²) in [5.74, 6) is 0. The van der Waals surface area contributed by atoms with Crippen LogP contribution in [0.15, 0.2) is 0 Å². The Kier molecular flexibility index (Phi) is 91.9. The molecule has 0 saturated carbocycles. The molecule has 0 bridgehead atoms. The smallest absolute Gasteiger partial charge is 0.0587 e. The van der Waals surface area contributed by atoms with Gasteiger partial charge in [0.15, 0.2) is 0 Å². The first-order valence-corrected chi connectivity index (χ1v) is 2.75. The number of nitriles is 1. The van der Waals surface area contributed by atoms with Gasteiger partial charge in [0.25, 0.3) is 0 Å². The van der Waals surface area contributed by atoms with Crippen molar-refractivity contribution in [2.45, 2.75) is 13.8 Å². The van der Waals surface area contributed by atoms with E-state index >= 15 is 0 Å². The first-order valence-electron chi connectivity index (χ1n) is 2.75. The van der Waals surface area contributed by atoms with Crippen LogP contribution in [0.3, 0.4) is 0 Å². The minimum absolute atomic E-state index is 0.597. The van der Waals surface area contributed by atoms with E-state index in [0.717, 1.165) is 0 Å². The molecule has 0 aliphatic heterocycles. The molecule has 0 aromatic carbocycles. The summed E-state index contributed by atoms with van der Waals surface area (Å²) in [4.78, 5) is 0. The van der Waals surface area contributed by atoms with E-state index in [2.05, 4.69) is 6.92 Å². The second-order valence-corrected chi connectivity index (χ2v) is 0.801. The van der Waals surface area contributed by atoms with Gasteiger partial charge in [-0.3, -0.25) is 0 Å². The number of rotatable bonds is 1. The average Bonchev–Trinajstić information content (AvgIpc) is 1.94. The van der Waals surface area contributed by atoms with Crippen LogP contribution in [0.25, 0.3) is 0 Å².